The second-order valence-corrected chi connectivity index (χ2v) is 6.92. The second-order valence-electron chi connectivity index (χ2n) is 6.00. The Bertz CT molecular complexity index is 1020. The third-order valence-corrected chi connectivity index (χ3v) is 4.36. The van der Waals surface area contributed by atoms with Crippen LogP contribution in [-0.4, -0.2) is 18.1 Å². The van der Waals surface area contributed by atoms with Gasteiger partial charge in [-0.25, -0.2) is 10.2 Å². The second kappa shape index (κ2) is 9.10. The number of rotatable bonds is 5. The topological polar surface area (TPSA) is 67.8 Å². The predicted octanol–water partition coefficient (Wildman–Crippen LogP) is 4.74. The molecule has 0 fully saturated rings. The number of hydrogen-bond acceptors (Lipinski definition) is 4. The molecular weight excluding hydrogens is 420 g/mol. The van der Waals surface area contributed by atoms with Crippen molar-refractivity contribution in [1.29, 1.82) is 0 Å². The molecule has 140 valence electrons. The fourth-order valence-corrected chi connectivity index (χ4v) is 2.75. The van der Waals surface area contributed by atoms with Gasteiger partial charge in [-0.2, -0.15) is 5.10 Å². The highest BCUT2D eigenvalue weighted by Gasteiger charge is 2.11. The van der Waals surface area contributed by atoms with Crippen LogP contribution in [0, 0.1) is 6.92 Å². The van der Waals surface area contributed by atoms with Crippen LogP contribution in [0.4, 0.5) is 0 Å². The lowest BCUT2D eigenvalue weighted by molar-refractivity contribution is 0.0734. The van der Waals surface area contributed by atoms with Gasteiger partial charge in [0.25, 0.3) is 5.91 Å². The third kappa shape index (κ3) is 5.14. The Labute approximate surface area is 171 Å². The van der Waals surface area contributed by atoms with Crippen molar-refractivity contribution in [2.75, 3.05) is 0 Å². The van der Waals surface area contributed by atoms with Crippen molar-refractivity contribution in [2.24, 2.45) is 5.10 Å². The fourth-order valence-electron chi connectivity index (χ4n) is 2.38. The molecule has 0 radical (unpaired) electrons. The van der Waals surface area contributed by atoms with Gasteiger partial charge in [0.2, 0.25) is 0 Å². The van der Waals surface area contributed by atoms with E-state index in [-0.39, 0.29) is 5.91 Å². The Kier molecular flexibility index (Phi) is 6.34. The lowest BCUT2D eigenvalue weighted by Gasteiger charge is -2.08. The van der Waals surface area contributed by atoms with Crippen LogP contribution in [0.15, 0.2) is 82.4 Å². The number of carbonyl (C=O) groups is 2. The zero-order valence-corrected chi connectivity index (χ0v) is 16.6. The van der Waals surface area contributed by atoms with Crippen LogP contribution in [0.25, 0.3) is 0 Å². The molecule has 0 bridgehead atoms. The van der Waals surface area contributed by atoms with Crippen LogP contribution < -0.4 is 10.2 Å². The number of hydrogen-bond donors (Lipinski definition) is 1. The number of amides is 1. The molecule has 0 aliphatic heterocycles. The van der Waals surface area contributed by atoms with E-state index in [9.17, 15) is 9.59 Å². The van der Waals surface area contributed by atoms with Crippen molar-refractivity contribution in [3.05, 3.63) is 99.5 Å². The van der Waals surface area contributed by atoms with Gasteiger partial charge < -0.3 is 4.74 Å². The highest BCUT2D eigenvalue weighted by Crippen LogP contribution is 2.23. The number of nitrogens with zero attached hydrogens (tertiary/aromatic N) is 1. The molecule has 0 aromatic heterocycles. The van der Waals surface area contributed by atoms with Crippen molar-refractivity contribution >= 4 is 34.0 Å². The summed E-state index contributed by atoms with van der Waals surface area (Å²) >= 11 is 3.38. The van der Waals surface area contributed by atoms with E-state index in [0.717, 1.165) is 10.0 Å². The Morgan fingerprint density at radius 3 is 2.39 bits per heavy atom. The number of halogens is 1. The number of ether oxygens (including phenoxy) is 1. The molecule has 1 N–H and O–H groups in total. The van der Waals surface area contributed by atoms with E-state index in [4.69, 9.17) is 4.74 Å². The van der Waals surface area contributed by atoms with Crippen molar-refractivity contribution in [1.82, 2.24) is 5.43 Å². The number of aryl methyl sites for hydroxylation is 1. The highest BCUT2D eigenvalue weighted by atomic mass is 79.9. The number of nitrogens with one attached hydrogen (secondary N) is 1. The van der Waals surface area contributed by atoms with Crippen LogP contribution in [0.5, 0.6) is 5.75 Å². The van der Waals surface area contributed by atoms with Gasteiger partial charge in [-0.3, -0.25) is 4.79 Å². The molecule has 3 aromatic rings. The average Bonchev–Trinajstić information content (AvgIpc) is 2.71. The molecule has 0 aliphatic rings. The molecule has 0 atom stereocenters. The molecule has 0 aliphatic carbocycles. The van der Waals surface area contributed by atoms with E-state index in [2.05, 4.69) is 26.5 Å². The average molecular weight is 437 g/mol. The number of hydrazone groups is 1. The van der Waals surface area contributed by atoms with Gasteiger partial charge >= 0.3 is 5.97 Å². The summed E-state index contributed by atoms with van der Waals surface area (Å²) in [6.07, 6.45) is 1.43. The molecule has 0 unspecified atom stereocenters. The molecule has 5 nitrogen and oxygen atoms in total. The van der Waals surface area contributed by atoms with E-state index in [1.165, 1.54) is 6.21 Å². The molecule has 1 amide bonds. The summed E-state index contributed by atoms with van der Waals surface area (Å²) in [6.45, 7) is 1.95. The SMILES string of the molecule is Cc1ccc(C(=O)Oc2ccc(Br)cc2C=NNC(=O)c2ccccc2)cc1. The van der Waals surface area contributed by atoms with E-state index >= 15 is 0 Å². The fraction of sp³-hybridized carbons (Fsp3) is 0.0455. The maximum absolute atomic E-state index is 12.4. The molecular formula is C22H17BrN2O3. The summed E-state index contributed by atoms with van der Waals surface area (Å²) in [5, 5.41) is 3.97. The maximum Gasteiger partial charge on any atom is 0.343 e. The minimum atomic E-state index is -0.467. The predicted molar refractivity (Wildman–Crippen MR) is 112 cm³/mol. The van der Waals surface area contributed by atoms with Crippen LogP contribution in [0.3, 0.4) is 0 Å². The number of benzene rings is 3. The van der Waals surface area contributed by atoms with Gasteiger partial charge in [-0.05, 0) is 49.4 Å². The first-order valence-electron chi connectivity index (χ1n) is 8.50. The van der Waals surface area contributed by atoms with Gasteiger partial charge in [-0.1, -0.05) is 51.8 Å². The van der Waals surface area contributed by atoms with Gasteiger partial charge in [0.05, 0.1) is 11.8 Å². The molecule has 3 rings (SSSR count). The van der Waals surface area contributed by atoms with Gasteiger partial charge in [-0.15, -0.1) is 0 Å². The summed E-state index contributed by atoms with van der Waals surface area (Å²) < 4.78 is 6.30. The van der Waals surface area contributed by atoms with Crippen molar-refractivity contribution < 1.29 is 14.3 Å². The van der Waals surface area contributed by atoms with Crippen molar-refractivity contribution in [3.63, 3.8) is 0 Å². The van der Waals surface area contributed by atoms with E-state index in [0.29, 0.717) is 22.4 Å². The minimum Gasteiger partial charge on any atom is -0.422 e. The molecule has 3 aromatic carbocycles. The first-order valence-corrected chi connectivity index (χ1v) is 9.29. The lowest BCUT2D eigenvalue weighted by atomic mass is 10.1. The molecule has 28 heavy (non-hydrogen) atoms. The minimum absolute atomic E-state index is 0.329. The van der Waals surface area contributed by atoms with Gasteiger partial charge in [0.1, 0.15) is 5.75 Å². The van der Waals surface area contributed by atoms with E-state index in [1.807, 2.05) is 25.1 Å². The summed E-state index contributed by atoms with van der Waals surface area (Å²) in [5.41, 5.74) is 5.01. The smallest absolute Gasteiger partial charge is 0.343 e. The molecule has 0 heterocycles. The molecule has 0 saturated carbocycles. The van der Waals surface area contributed by atoms with Crippen LogP contribution in [-0.2, 0) is 0 Å². The lowest BCUT2D eigenvalue weighted by Crippen LogP contribution is -2.17. The zero-order chi connectivity index (χ0) is 19.9. The summed E-state index contributed by atoms with van der Waals surface area (Å²) in [5.74, 6) is -0.457. The standard InChI is InChI=1S/C22H17BrN2O3/c1-15-7-9-17(10-8-15)22(27)28-20-12-11-19(23)13-18(20)14-24-25-21(26)16-5-3-2-4-6-16/h2-14H,1H3,(H,25,26). The Morgan fingerprint density at radius 2 is 1.68 bits per heavy atom. The number of esters is 1. The third-order valence-electron chi connectivity index (χ3n) is 3.87. The van der Waals surface area contributed by atoms with Crippen molar-refractivity contribution in [2.45, 2.75) is 6.92 Å². The summed E-state index contributed by atoms with van der Waals surface area (Å²) in [7, 11) is 0. The first kappa shape index (κ1) is 19.5. The molecule has 6 heteroatoms. The zero-order valence-electron chi connectivity index (χ0n) is 15.1. The van der Waals surface area contributed by atoms with Crippen LogP contribution in [0.1, 0.15) is 31.8 Å². The van der Waals surface area contributed by atoms with Gasteiger partial charge in [0.15, 0.2) is 0 Å². The van der Waals surface area contributed by atoms with E-state index < -0.39 is 5.97 Å². The first-order chi connectivity index (χ1) is 13.5. The highest BCUT2D eigenvalue weighted by molar-refractivity contribution is 9.10. The quantitative estimate of drug-likeness (QED) is 0.271. The van der Waals surface area contributed by atoms with Crippen LogP contribution >= 0.6 is 15.9 Å². The maximum atomic E-state index is 12.4. The largest absolute Gasteiger partial charge is 0.422 e. The van der Waals surface area contributed by atoms with Gasteiger partial charge in [0, 0.05) is 15.6 Å². The van der Waals surface area contributed by atoms with Crippen LogP contribution in [0.2, 0.25) is 0 Å². The molecule has 0 spiro atoms. The Balaban J connectivity index is 1.74. The number of carbonyl (C=O) groups excluding carboxylic acids is 2. The van der Waals surface area contributed by atoms with E-state index in [1.54, 1.807) is 54.6 Å². The monoisotopic (exact) mass is 436 g/mol. The Morgan fingerprint density at radius 1 is 0.964 bits per heavy atom. The summed E-state index contributed by atoms with van der Waals surface area (Å²) in [4.78, 5) is 24.4. The Hall–Kier alpha value is -3.25. The normalized spacial score (nSPS) is 10.6. The van der Waals surface area contributed by atoms with Crippen molar-refractivity contribution in [3.8, 4) is 5.75 Å². The summed E-state index contributed by atoms with van der Waals surface area (Å²) in [6, 6.07) is 21.1. The molecule has 0 saturated heterocycles.